The fourth-order valence-corrected chi connectivity index (χ4v) is 2.80. The van der Waals surface area contributed by atoms with Gasteiger partial charge in [-0.1, -0.05) is 0 Å². The molecular formula is C10H20N2OS. The van der Waals surface area contributed by atoms with Crippen molar-refractivity contribution in [2.75, 3.05) is 31.6 Å². The highest BCUT2D eigenvalue weighted by Crippen LogP contribution is 2.22. The molecule has 2 N–H and O–H groups in total. The summed E-state index contributed by atoms with van der Waals surface area (Å²) in [6.45, 7) is 1.80. The standard InChI is InChI=1S/C10H20N2OS/c1-11-5-2-3-10(13)12-7-9-4-6-14-8-9/h9,11H,2-8H2,1H3,(H,12,13). The molecule has 1 fully saturated rings. The maximum atomic E-state index is 11.3. The van der Waals surface area contributed by atoms with E-state index in [1.807, 2.05) is 18.8 Å². The second-order valence-corrected chi connectivity index (χ2v) is 4.89. The molecule has 0 aromatic heterocycles. The van der Waals surface area contributed by atoms with Gasteiger partial charge in [-0.15, -0.1) is 0 Å². The molecule has 1 aliphatic rings. The normalized spacial score (nSPS) is 21.1. The minimum Gasteiger partial charge on any atom is -0.356 e. The topological polar surface area (TPSA) is 41.1 Å². The lowest BCUT2D eigenvalue weighted by molar-refractivity contribution is -0.121. The van der Waals surface area contributed by atoms with Crippen molar-refractivity contribution >= 4 is 17.7 Å². The monoisotopic (exact) mass is 216 g/mol. The molecule has 0 aromatic rings. The van der Waals surface area contributed by atoms with Crippen LogP contribution in [0.25, 0.3) is 0 Å². The summed E-state index contributed by atoms with van der Waals surface area (Å²) in [5.74, 6) is 3.40. The maximum absolute atomic E-state index is 11.3. The summed E-state index contributed by atoms with van der Waals surface area (Å²) in [6, 6.07) is 0. The number of thioether (sulfide) groups is 1. The van der Waals surface area contributed by atoms with E-state index in [0.717, 1.165) is 19.5 Å². The van der Waals surface area contributed by atoms with E-state index in [1.165, 1.54) is 17.9 Å². The van der Waals surface area contributed by atoms with Gasteiger partial charge in [0.25, 0.3) is 0 Å². The van der Waals surface area contributed by atoms with Crippen molar-refractivity contribution < 1.29 is 4.79 Å². The lowest BCUT2D eigenvalue weighted by atomic mass is 10.1. The summed E-state index contributed by atoms with van der Waals surface area (Å²) in [5, 5.41) is 6.04. The van der Waals surface area contributed by atoms with E-state index < -0.39 is 0 Å². The van der Waals surface area contributed by atoms with Crippen LogP contribution in [0.5, 0.6) is 0 Å². The van der Waals surface area contributed by atoms with Gasteiger partial charge in [0, 0.05) is 13.0 Å². The molecule has 1 atom stereocenters. The number of hydrogen-bond donors (Lipinski definition) is 2. The lowest BCUT2D eigenvalue weighted by Crippen LogP contribution is -2.29. The maximum Gasteiger partial charge on any atom is 0.220 e. The average Bonchev–Trinajstić information content (AvgIpc) is 2.68. The second kappa shape index (κ2) is 7.12. The Hall–Kier alpha value is -0.220. The minimum atomic E-state index is 0.206. The minimum absolute atomic E-state index is 0.206. The number of rotatable bonds is 6. The second-order valence-electron chi connectivity index (χ2n) is 3.74. The molecule has 0 saturated carbocycles. The van der Waals surface area contributed by atoms with Crippen molar-refractivity contribution in [3.05, 3.63) is 0 Å². The summed E-state index contributed by atoms with van der Waals surface area (Å²) in [4.78, 5) is 11.3. The fourth-order valence-electron chi connectivity index (χ4n) is 1.52. The lowest BCUT2D eigenvalue weighted by Gasteiger charge is -2.09. The van der Waals surface area contributed by atoms with Crippen molar-refractivity contribution in [2.24, 2.45) is 5.92 Å². The molecule has 0 radical (unpaired) electrons. The van der Waals surface area contributed by atoms with E-state index >= 15 is 0 Å². The van der Waals surface area contributed by atoms with Gasteiger partial charge in [0.2, 0.25) is 5.91 Å². The summed E-state index contributed by atoms with van der Waals surface area (Å²) in [5.41, 5.74) is 0. The highest BCUT2D eigenvalue weighted by molar-refractivity contribution is 7.99. The molecule has 0 spiro atoms. The highest BCUT2D eigenvalue weighted by Gasteiger charge is 2.15. The van der Waals surface area contributed by atoms with Crippen molar-refractivity contribution in [1.82, 2.24) is 10.6 Å². The van der Waals surface area contributed by atoms with Crippen molar-refractivity contribution in [3.63, 3.8) is 0 Å². The van der Waals surface area contributed by atoms with Crippen LogP contribution in [0.1, 0.15) is 19.3 Å². The summed E-state index contributed by atoms with van der Waals surface area (Å²) in [6.07, 6.45) is 2.85. The first kappa shape index (κ1) is 11.9. The average molecular weight is 216 g/mol. The Kier molecular flexibility index (Phi) is 6.03. The Labute approximate surface area is 90.4 Å². The number of hydrogen-bond acceptors (Lipinski definition) is 3. The molecule has 14 heavy (non-hydrogen) atoms. The third-order valence-electron chi connectivity index (χ3n) is 2.44. The molecule has 1 amide bonds. The Balaban J connectivity index is 1.96. The number of carbonyl (C=O) groups excluding carboxylic acids is 1. The Morgan fingerprint density at radius 2 is 2.43 bits per heavy atom. The van der Waals surface area contributed by atoms with Gasteiger partial charge < -0.3 is 10.6 Å². The molecule has 1 heterocycles. The summed E-state index contributed by atoms with van der Waals surface area (Å²) in [7, 11) is 1.91. The zero-order valence-corrected chi connectivity index (χ0v) is 9.66. The predicted molar refractivity (Wildman–Crippen MR) is 61.6 cm³/mol. The molecule has 0 bridgehead atoms. The van der Waals surface area contributed by atoms with Gasteiger partial charge in [-0.2, -0.15) is 11.8 Å². The third kappa shape index (κ3) is 4.86. The highest BCUT2D eigenvalue weighted by atomic mass is 32.2. The third-order valence-corrected chi connectivity index (χ3v) is 3.67. The summed E-state index contributed by atoms with van der Waals surface area (Å²) < 4.78 is 0. The van der Waals surface area contributed by atoms with Crippen LogP contribution < -0.4 is 10.6 Å². The SMILES string of the molecule is CNCCCC(=O)NCC1CCSC1. The molecule has 82 valence electrons. The number of nitrogens with one attached hydrogen (secondary N) is 2. The van der Waals surface area contributed by atoms with Gasteiger partial charge in [0.05, 0.1) is 0 Å². The Morgan fingerprint density at radius 3 is 3.07 bits per heavy atom. The molecule has 1 rings (SSSR count). The quantitative estimate of drug-likeness (QED) is 0.647. The predicted octanol–water partition coefficient (Wildman–Crippen LogP) is 0.855. The van der Waals surface area contributed by atoms with Gasteiger partial charge in [-0.25, -0.2) is 0 Å². The van der Waals surface area contributed by atoms with Crippen LogP contribution in [-0.2, 0) is 4.79 Å². The Morgan fingerprint density at radius 1 is 1.57 bits per heavy atom. The number of carbonyl (C=O) groups is 1. The molecule has 1 aliphatic heterocycles. The van der Waals surface area contributed by atoms with E-state index in [1.54, 1.807) is 0 Å². The van der Waals surface area contributed by atoms with E-state index in [2.05, 4.69) is 10.6 Å². The van der Waals surface area contributed by atoms with E-state index in [0.29, 0.717) is 12.3 Å². The first-order valence-corrected chi connectivity index (χ1v) is 6.47. The van der Waals surface area contributed by atoms with E-state index in [9.17, 15) is 4.79 Å². The Bertz CT molecular complexity index is 170. The zero-order chi connectivity index (χ0) is 10.2. The van der Waals surface area contributed by atoms with Crippen molar-refractivity contribution in [1.29, 1.82) is 0 Å². The van der Waals surface area contributed by atoms with Crippen LogP contribution >= 0.6 is 11.8 Å². The molecule has 1 unspecified atom stereocenters. The van der Waals surface area contributed by atoms with Crippen LogP contribution in [-0.4, -0.2) is 37.6 Å². The molecular weight excluding hydrogens is 196 g/mol. The van der Waals surface area contributed by atoms with Crippen LogP contribution in [0.2, 0.25) is 0 Å². The van der Waals surface area contributed by atoms with E-state index in [4.69, 9.17) is 0 Å². The van der Waals surface area contributed by atoms with Crippen LogP contribution in [0.4, 0.5) is 0 Å². The molecule has 4 heteroatoms. The van der Waals surface area contributed by atoms with Gasteiger partial charge >= 0.3 is 0 Å². The molecule has 0 aliphatic carbocycles. The van der Waals surface area contributed by atoms with Crippen LogP contribution in [0.15, 0.2) is 0 Å². The van der Waals surface area contributed by atoms with Gasteiger partial charge in [0.15, 0.2) is 0 Å². The fraction of sp³-hybridized carbons (Fsp3) is 0.900. The van der Waals surface area contributed by atoms with Crippen molar-refractivity contribution in [3.8, 4) is 0 Å². The largest absolute Gasteiger partial charge is 0.356 e. The molecule has 3 nitrogen and oxygen atoms in total. The van der Waals surface area contributed by atoms with Crippen LogP contribution in [0, 0.1) is 5.92 Å². The molecule has 0 aromatic carbocycles. The summed E-state index contributed by atoms with van der Waals surface area (Å²) >= 11 is 1.99. The molecule has 1 saturated heterocycles. The van der Waals surface area contributed by atoms with Gasteiger partial charge in [-0.3, -0.25) is 4.79 Å². The smallest absolute Gasteiger partial charge is 0.220 e. The first-order chi connectivity index (χ1) is 6.83. The van der Waals surface area contributed by atoms with Gasteiger partial charge in [-0.05, 0) is 43.9 Å². The first-order valence-electron chi connectivity index (χ1n) is 5.32. The van der Waals surface area contributed by atoms with E-state index in [-0.39, 0.29) is 5.91 Å². The zero-order valence-electron chi connectivity index (χ0n) is 8.84. The van der Waals surface area contributed by atoms with Crippen LogP contribution in [0.3, 0.4) is 0 Å². The number of amides is 1. The van der Waals surface area contributed by atoms with Gasteiger partial charge in [0.1, 0.15) is 0 Å². The van der Waals surface area contributed by atoms with Crippen molar-refractivity contribution in [2.45, 2.75) is 19.3 Å².